The number of amides is 1. The van der Waals surface area contributed by atoms with Crippen LogP contribution in [0.1, 0.15) is 27.0 Å². The van der Waals surface area contributed by atoms with E-state index < -0.39 is 15.9 Å². The molecular formula is C28H25N3O4S. The molecule has 0 saturated carbocycles. The molecule has 0 unspecified atom stereocenters. The van der Waals surface area contributed by atoms with Crippen LogP contribution in [0.5, 0.6) is 5.75 Å². The van der Waals surface area contributed by atoms with Gasteiger partial charge in [0.2, 0.25) is 0 Å². The van der Waals surface area contributed by atoms with E-state index in [1.807, 2.05) is 61.5 Å². The minimum absolute atomic E-state index is 0.167. The fourth-order valence-corrected chi connectivity index (χ4v) is 4.30. The highest BCUT2D eigenvalue weighted by Gasteiger charge is 2.14. The maximum atomic E-state index is 12.5. The summed E-state index contributed by atoms with van der Waals surface area (Å²) >= 11 is 0. The summed E-state index contributed by atoms with van der Waals surface area (Å²) in [5.74, 6) is 0.320. The van der Waals surface area contributed by atoms with Crippen LogP contribution in [0.25, 0.3) is 0 Å². The smallest absolute Gasteiger partial charge is 0.271 e. The Bertz CT molecular complexity index is 1430. The van der Waals surface area contributed by atoms with Crippen LogP contribution < -0.4 is 14.9 Å². The molecule has 4 aromatic carbocycles. The monoisotopic (exact) mass is 499 g/mol. The standard InChI is InChI=1S/C28H25N3O4S/c1-21-7-17-27(18-8-21)36(33,34)31-25-13-11-24(12-14-25)28(32)30-29-19-22-9-15-26(16-10-22)35-20-23-5-3-2-4-6-23/h2-19,31H,20H2,1H3,(H,30,32)/b29-19+. The molecule has 0 aromatic heterocycles. The lowest BCUT2D eigenvalue weighted by Crippen LogP contribution is -2.18. The topological polar surface area (TPSA) is 96.9 Å². The first-order valence-electron chi connectivity index (χ1n) is 11.2. The van der Waals surface area contributed by atoms with Gasteiger partial charge in [0.05, 0.1) is 11.1 Å². The van der Waals surface area contributed by atoms with Gasteiger partial charge in [0.15, 0.2) is 0 Å². The number of anilines is 1. The number of carbonyl (C=O) groups excluding carboxylic acids is 1. The van der Waals surface area contributed by atoms with Gasteiger partial charge in [-0.05, 0) is 78.7 Å². The Morgan fingerprint density at radius 1 is 0.861 bits per heavy atom. The van der Waals surface area contributed by atoms with E-state index in [9.17, 15) is 13.2 Å². The molecule has 0 aliphatic heterocycles. The van der Waals surface area contributed by atoms with Gasteiger partial charge in [0.25, 0.3) is 15.9 Å². The van der Waals surface area contributed by atoms with Crippen molar-refractivity contribution in [1.29, 1.82) is 0 Å². The zero-order valence-corrected chi connectivity index (χ0v) is 20.4. The third-order valence-corrected chi connectivity index (χ3v) is 6.64. The van der Waals surface area contributed by atoms with Gasteiger partial charge < -0.3 is 4.74 Å². The van der Waals surface area contributed by atoms with Crippen molar-refractivity contribution in [1.82, 2.24) is 5.43 Å². The summed E-state index contributed by atoms with van der Waals surface area (Å²) in [6, 6.07) is 29.9. The molecule has 0 spiro atoms. The van der Waals surface area contributed by atoms with Gasteiger partial charge in [-0.1, -0.05) is 48.0 Å². The second kappa shape index (κ2) is 11.3. The third-order valence-electron chi connectivity index (χ3n) is 5.24. The maximum Gasteiger partial charge on any atom is 0.271 e. The average molecular weight is 500 g/mol. The van der Waals surface area contributed by atoms with E-state index in [1.54, 1.807) is 24.3 Å². The molecule has 8 heteroatoms. The quantitative estimate of drug-likeness (QED) is 0.246. The Labute approximate surface area is 210 Å². The van der Waals surface area contributed by atoms with E-state index in [-0.39, 0.29) is 4.90 Å². The number of sulfonamides is 1. The van der Waals surface area contributed by atoms with E-state index >= 15 is 0 Å². The molecule has 4 rings (SSSR count). The molecule has 0 heterocycles. The molecule has 0 bridgehead atoms. The lowest BCUT2D eigenvalue weighted by atomic mass is 10.2. The van der Waals surface area contributed by atoms with E-state index in [1.165, 1.54) is 30.5 Å². The Kier molecular flexibility index (Phi) is 7.77. The third kappa shape index (κ3) is 6.80. The molecular weight excluding hydrogens is 474 g/mol. The van der Waals surface area contributed by atoms with Gasteiger partial charge in [0.1, 0.15) is 12.4 Å². The zero-order chi connectivity index (χ0) is 25.4. The first-order chi connectivity index (χ1) is 17.4. The molecule has 0 aliphatic carbocycles. The molecule has 182 valence electrons. The summed E-state index contributed by atoms with van der Waals surface area (Å²) < 4.78 is 33.3. The minimum Gasteiger partial charge on any atom is -0.489 e. The largest absolute Gasteiger partial charge is 0.489 e. The van der Waals surface area contributed by atoms with Crippen molar-refractivity contribution < 1.29 is 17.9 Å². The summed E-state index contributed by atoms with van der Waals surface area (Å²) in [5.41, 5.74) is 6.01. The van der Waals surface area contributed by atoms with Crippen LogP contribution in [0.4, 0.5) is 5.69 Å². The molecule has 0 saturated heterocycles. The lowest BCUT2D eigenvalue weighted by molar-refractivity contribution is 0.0955. The highest BCUT2D eigenvalue weighted by atomic mass is 32.2. The molecule has 36 heavy (non-hydrogen) atoms. The number of hydrogen-bond donors (Lipinski definition) is 2. The van der Waals surface area contributed by atoms with Crippen molar-refractivity contribution in [2.75, 3.05) is 4.72 Å². The van der Waals surface area contributed by atoms with Crippen LogP contribution in [0, 0.1) is 6.92 Å². The number of carbonyl (C=O) groups is 1. The van der Waals surface area contributed by atoms with Crippen molar-refractivity contribution in [3.63, 3.8) is 0 Å². The van der Waals surface area contributed by atoms with Crippen LogP contribution in [0.2, 0.25) is 0 Å². The van der Waals surface area contributed by atoms with Crippen LogP contribution in [-0.4, -0.2) is 20.5 Å². The van der Waals surface area contributed by atoms with Gasteiger partial charge in [-0.25, -0.2) is 13.8 Å². The first-order valence-corrected chi connectivity index (χ1v) is 12.7. The molecule has 4 aromatic rings. The number of rotatable bonds is 9. The van der Waals surface area contributed by atoms with Crippen molar-refractivity contribution in [3.05, 3.63) is 125 Å². The van der Waals surface area contributed by atoms with Gasteiger partial charge in [-0.2, -0.15) is 5.10 Å². The minimum atomic E-state index is -3.71. The molecule has 7 nitrogen and oxygen atoms in total. The zero-order valence-electron chi connectivity index (χ0n) is 19.6. The first kappa shape index (κ1) is 24.7. The molecule has 1 amide bonds. The number of benzene rings is 4. The van der Waals surface area contributed by atoms with Crippen LogP contribution >= 0.6 is 0 Å². The fourth-order valence-electron chi connectivity index (χ4n) is 3.24. The Hall–Kier alpha value is -4.43. The summed E-state index contributed by atoms with van der Waals surface area (Å²) in [5, 5.41) is 3.99. The number of hydrazone groups is 1. The molecule has 0 fully saturated rings. The van der Waals surface area contributed by atoms with Crippen molar-refractivity contribution >= 4 is 27.8 Å². The SMILES string of the molecule is Cc1ccc(S(=O)(=O)Nc2ccc(C(=O)N/N=C/c3ccc(OCc4ccccc4)cc3)cc2)cc1. The van der Waals surface area contributed by atoms with Gasteiger partial charge in [-0.3, -0.25) is 9.52 Å². The second-order valence-corrected chi connectivity index (χ2v) is 9.72. The Morgan fingerprint density at radius 2 is 1.53 bits per heavy atom. The molecule has 0 atom stereocenters. The highest BCUT2D eigenvalue weighted by Crippen LogP contribution is 2.17. The Balaban J connectivity index is 1.28. The van der Waals surface area contributed by atoms with Gasteiger partial charge in [-0.15, -0.1) is 0 Å². The normalized spacial score (nSPS) is 11.2. The van der Waals surface area contributed by atoms with Crippen molar-refractivity contribution in [3.8, 4) is 5.75 Å². The molecule has 2 N–H and O–H groups in total. The number of aryl methyl sites for hydroxylation is 1. The van der Waals surface area contributed by atoms with E-state index in [0.717, 1.165) is 22.4 Å². The molecule has 0 radical (unpaired) electrons. The summed E-state index contributed by atoms with van der Waals surface area (Å²) in [7, 11) is -3.71. The molecule has 0 aliphatic rings. The van der Waals surface area contributed by atoms with Gasteiger partial charge in [0, 0.05) is 11.3 Å². The summed E-state index contributed by atoms with van der Waals surface area (Å²) in [6.07, 6.45) is 1.53. The fraction of sp³-hybridized carbons (Fsp3) is 0.0714. The van der Waals surface area contributed by atoms with Crippen molar-refractivity contribution in [2.24, 2.45) is 5.10 Å². The average Bonchev–Trinajstić information content (AvgIpc) is 2.89. The van der Waals surface area contributed by atoms with E-state index in [4.69, 9.17) is 4.74 Å². The second-order valence-electron chi connectivity index (χ2n) is 8.04. The van der Waals surface area contributed by atoms with Crippen LogP contribution in [0.3, 0.4) is 0 Å². The predicted molar refractivity (Wildman–Crippen MR) is 141 cm³/mol. The summed E-state index contributed by atoms with van der Waals surface area (Å²) in [6.45, 7) is 2.37. The van der Waals surface area contributed by atoms with Crippen LogP contribution in [-0.2, 0) is 16.6 Å². The lowest BCUT2D eigenvalue weighted by Gasteiger charge is -2.09. The van der Waals surface area contributed by atoms with Crippen molar-refractivity contribution in [2.45, 2.75) is 18.4 Å². The Morgan fingerprint density at radius 3 is 2.19 bits per heavy atom. The predicted octanol–water partition coefficient (Wildman–Crippen LogP) is 5.14. The number of nitrogens with one attached hydrogen (secondary N) is 2. The number of nitrogens with zero attached hydrogens (tertiary/aromatic N) is 1. The number of hydrogen-bond acceptors (Lipinski definition) is 5. The maximum absolute atomic E-state index is 12.5. The highest BCUT2D eigenvalue weighted by molar-refractivity contribution is 7.92. The van der Waals surface area contributed by atoms with E-state index in [2.05, 4.69) is 15.2 Å². The van der Waals surface area contributed by atoms with Crippen LogP contribution in [0.15, 0.2) is 113 Å². The van der Waals surface area contributed by atoms with Gasteiger partial charge >= 0.3 is 0 Å². The summed E-state index contributed by atoms with van der Waals surface area (Å²) in [4.78, 5) is 12.5. The number of ether oxygens (including phenoxy) is 1. The van der Waals surface area contributed by atoms with E-state index in [0.29, 0.717) is 17.9 Å².